The van der Waals surface area contributed by atoms with Gasteiger partial charge >= 0.3 is 0 Å². The summed E-state index contributed by atoms with van der Waals surface area (Å²) in [6, 6.07) is 18.7. The van der Waals surface area contributed by atoms with E-state index in [1.54, 1.807) is 12.5 Å². The van der Waals surface area contributed by atoms with Crippen LogP contribution in [-0.2, 0) is 6.42 Å². The van der Waals surface area contributed by atoms with Crippen molar-refractivity contribution in [2.75, 3.05) is 0 Å². The van der Waals surface area contributed by atoms with E-state index in [9.17, 15) is 5.11 Å². The first kappa shape index (κ1) is 17.4. The molecule has 3 aromatic rings. The minimum atomic E-state index is -0.421. The van der Waals surface area contributed by atoms with Crippen LogP contribution in [0, 0.1) is 0 Å². The lowest BCUT2D eigenvalue weighted by Gasteiger charge is -2.25. The van der Waals surface area contributed by atoms with Crippen LogP contribution in [0.1, 0.15) is 31.0 Å². The summed E-state index contributed by atoms with van der Waals surface area (Å²) in [4.78, 5) is 4.07. The van der Waals surface area contributed by atoms with Crippen LogP contribution in [0.2, 0.25) is 0 Å². The summed E-state index contributed by atoms with van der Waals surface area (Å²) in [5.41, 5.74) is 3.44. The second kappa shape index (κ2) is 8.10. The van der Waals surface area contributed by atoms with Gasteiger partial charge in [0, 0.05) is 30.2 Å². The average molecular weight is 335 g/mol. The molecule has 25 heavy (non-hydrogen) atoms. The number of benzene rings is 2. The molecule has 130 valence electrons. The Kier molecular flexibility index (Phi) is 5.64. The Bertz CT molecular complexity index is 754. The molecule has 0 bridgehead atoms. The van der Waals surface area contributed by atoms with Crippen LogP contribution in [-0.4, -0.2) is 26.8 Å². The number of imidazole rings is 1. The Hall–Kier alpha value is -2.43. The van der Waals surface area contributed by atoms with Gasteiger partial charge in [0.25, 0.3) is 0 Å². The average Bonchev–Trinajstić information content (AvgIpc) is 3.17. The van der Waals surface area contributed by atoms with Gasteiger partial charge < -0.3 is 15.0 Å². The van der Waals surface area contributed by atoms with Gasteiger partial charge in [0.1, 0.15) is 0 Å². The normalized spacial score (nSPS) is 14.8. The van der Waals surface area contributed by atoms with Crippen LogP contribution >= 0.6 is 0 Å². The fourth-order valence-corrected chi connectivity index (χ4v) is 2.98. The van der Waals surface area contributed by atoms with Crippen molar-refractivity contribution in [3.05, 3.63) is 84.4 Å². The predicted octanol–water partition coefficient (Wildman–Crippen LogP) is 3.52. The predicted molar refractivity (Wildman–Crippen MR) is 101 cm³/mol. The molecule has 0 fully saturated rings. The van der Waals surface area contributed by atoms with E-state index < -0.39 is 6.10 Å². The molecule has 1 aromatic heterocycles. The zero-order chi connectivity index (χ0) is 17.6. The number of hydrogen-bond donors (Lipinski definition) is 2. The van der Waals surface area contributed by atoms with E-state index in [0.717, 1.165) is 11.3 Å². The van der Waals surface area contributed by atoms with Crippen molar-refractivity contribution in [3.63, 3.8) is 0 Å². The fraction of sp³-hybridized carbons (Fsp3) is 0.286. The number of rotatable bonds is 7. The number of aromatic nitrogens is 2. The third-order valence-electron chi connectivity index (χ3n) is 4.57. The first-order chi connectivity index (χ1) is 12.1. The number of aliphatic hydroxyl groups excluding tert-OH is 1. The summed E-state index contributed by atoms with van der Waals surface area (Å²) in [6.07, 6.45) is 5.72. The van der Waals surface area contributed by atoms with Crippen LogP contribution in [0.15, 0.2) is 73.3 Å². The summed E-state index contributed by atoms with van der Waals surface area (Å²) in [6.45, 7) is 4.15. The van der Waals surface area contributed by atoms with E-state index in [0.29, 0.717) is 6.42 Å². The smallest absolute Gasteiger partial charge is 0.0991 e. The van der Waals surface area contributed by atoms with Crippen molar-refractivity contribution < 1.29 is 5.11 Å². The Labute approximate surface area is 149 Å². The van der Waals surface area contributed by atoms with Gasteiger partial charge in [0.2, 0.25) is 0 Å². The first-order valence-electron chi connectivity index (χ1n) is 8.70. The van der Waals surface area contributed by atoms with Crippen molar-refractivity contribution in [3.8, 4) is 5.69 Å². The standard InChI is InChI=1S/C21H25N3O/c1-16(19-8-10-20(11-9-19)24-13-12-22-15-24)23-17(2)21(25)14-18-6-4-3-5-7-18/h3-13,15-17,21,23,25H,14H2,1-2H3. The molecule has 0 aliphatic rings. The molecule has 4 heteroatoms. The van der Waals surface area contributed by atoms with Crippen molar-refractivity contribution >= 4 is 0 Å². The van der Waals surface area contributed by atoms with Gasteiger partial charge in [-0.15, -0.1) is 0 Å². The lowest BCUT2D eigenvalue weighted by Crippen LogP contribution is -2.39. The summed E-state index contributed by atoms with van der Waals surface area (Å²) in [5.74, 6) is 0. The van der Waals surface area contributed by atoms with Crippen LogP contribution in [0.4, 0.5) is 0 Å². The quantitative estimate of drug-likeness (QED) is 0.695. The molecule has 0 aliphatic heterocycles. The van der Waals surface area contributed by atoms with E-state index in [1.165, 1.54) is 5.56 Å². The second-order valence-corrected chi connectivity index (χ2v) is 6.50. The van der Waals surface area contributed by atoms with Crippen molar-refractivity contribution in [1.82, 2.24) is 14.9 Å². The van der Waals surface area contributed by atoms with E-state index in [4.69, 9.17) is 0 Å². The number of aliphatic hydroxyl groups is 1. The van der Waals surface area contributed by atoms with E-state index in [1.807, 2.05) is 48.0 Å². The van der Waals surface area contributed by atoms with Gasteiger partial charge in [-0.1, -0.05) is 42.5 Å². The van der Waals surface area contributed by atoms with Crippen LogP contribution in [0.5, 0.6) is 0 Å². The molecule has 3 atom stereocenters. The first-order valence-corrected chi connectivity index (χ1v) is 8.70. The summed E-state index contributed by atoms with van der Waals surface area (Å²) in [7, 11) is 0. The molecule has 0 amide bonds. The van der Waals surface area contributed by atoms with Crippen molar-refractivity contribution in [1.29, 1.82) is 0 Å². The molecule has 3 rings (SSSR count). The SMILES string of the molecule is CC(NC(C)C(O)Cc1ccccc1)c1ccc(-n2ccnc2)cc1. The molecular formula is C21H25N3O. The maximum atomic E-state index is 10.5. The third-order valence-corrected chi connectivity index (χ3v) is 4.57. The largest absolute Gasteiger partial charge is 0.391 e. The molecule has 1 heterocycles. The summed E-state index contributed by atoms with van der Waals surface area (Å²) < 4.78 is 1.98. The summed E-state index contributed by atoms with van der Waals surface area (Å²) in [5, 5.41) is 14.0. The van der Waals surface area contributed by atoms with Gasteiger partial charge in [0.05, 0.1) is 12.4 Å². The van der Waals surface area contributed by atoms with Gasteiger partial charge in [-0.3, -0.25) is 0 Å². The Balaban J connectivity index is 1.58. The minimum Gasteiger partial charge on any atom is -0.391 e. The van der Waals surface area contributed by atoms with Gasteiger partial charge in [-0.05, 0) is 43.5 Å². The molecule has 4 nitrogen and oxygen atoms in total. The molecule has 0 radical (unpaired) electrons. The van der Waals surface area contributed by atoms with Gasteiger partial charge in [-0.2, -0.15) is 0 Å². The number of nitrogens with zero attached hydrogens (tertiary/aromatic N) is 2. The number of hydrogen-bond acceptors (Lipinski definition) is 3. The zero-order valence-electron chi connectivity index (χ0n) is 14.7. The van der Waals surface area contributed by atoms with E-state index in [2.05, 4.69) is 41.5 Å². The van der Waals surface area contributed by atoms with Gasteiger partial charge in [0.15, 0.2) is 0 Å². The fourth-order valence-electron chi connectivity index (χ4n) is 2.98. The van der Waals surface area contributed by atoms with Crippen LogP contribution in [0.25, 0.3) is 5.69 Å². The van der Waals surface area contributed by atoms with E-state index >= 15 is 0 Å². The van der Waals surface area contributed by atoms with Crippen molar-refractivity contribution in [2.24, 2.45) is 0 Å². The van der Waals surface area contributed by atoms with Crippen LogP contribution in [0.3, 0.4) is 0 Å². The van der Waals surface area contributed by atoms with Crippen molar-refractivity contribution in [2.45, 2.75) is 38.5 Å². The van der Waals surface area contributed by atoms with Crippen LogP contribution < -0.4 is 5.32 Å². The minimum absolute atomic E-state index is 0.00327. The maximum Gasteiger partial charge on any atom is 0.0991 e. The molecule has 0 aliphatic carbocycles. The maximum absolute atomic E-state index is 10.5. The number of nitrogens with one attached hydrogen (secondary N) is 1. The molecule has 2 N–H and O–H groups in total. The highest BCUT2D eigenvalue weighted by molar-refractivity contribution is 5.35. The molecule has 0 saturated carbocycles. The highest BCUT2D eigenvalue weighted by Crippen LogP contribution is 2.17. The Morgan fingerprint density at radius 3 is 2.40 bits per heavy atom. The Morgan fingerprint density at radius 1 is 1.04 bits per heavy atom. The highest BCUT2D eigenvalue weighted by atomic mass is 16.3. The lowest BCUT2D eigenvalue weighted by atomic mass is 10.0. The monoisotopic (exact) mass is 335 g/mol. The van der Waals surface area contributed by atoms with Gasteiger partial charge in [-0.25, -0.2) is 4.98 Å². The lowest BCUT2D eigenvalue weighted by molar-refractivity contribution is 0.129. The Morgan fingerprint density at radius 2 is 1.76 bits per heavy atom. The molecular weight excluding hydrogens is 310 g/mol. The molecule has 3 unspecified atom stereocenters. The molecule has 0 saturated heterocycles. The highest BCUT2D eigenvalue weighted by Gasteiger charge is 2.17. The summed E-state index contributed by atoms with van der Waals surface area (Å²) >= 11 is 0. The molecule has 0 spiro atoms. The molecule has 2 aromatic carbocycles. The second-order valence-electron chi connectivity index (χ2n) is 6.50. The third kappa shape index (κ3) is 4.56. The zero-order valence-corrected chi connectivity index (χ0v) is 14.7. The van der Waals surface area contributed by atoms with E-state index in [-0.39, 0.29) is 12.1 Å². The topological polar surface area (TPSA) is 50.1 Å².